The molecule has 0 fully saturated rings. The third kappa shape index (κ3) is 2.99. The topological polar surface area (TPSA) is 21.3 Å². The number of nitrogens with one attached hydrogen (secondary N) is 1. The molecule has 92 valence electrons. The second-order valence-electron chi connectivity index (χ2n) is 4.12. The highest BCUT2D eigenvalue weighted by molar-refractivity contribution is 7.17. The molecule has 0 aliphatic heterocycles. The van der Waals surface area contributed by atoms with Crippen LogP contribution in [0.25, 0.3) is 10.1 Å². The Morgan fingerprint density at radius 2 is 2.18 bits per heavy atom. The van der Waals surface area contributed by atoms with Gasteiger partial charge in [0.1, 0.15) is 5.75 Å². The van der Waals surface area contributed by atoms with Gasteiger partial charge in [0.05, 0.1) is 7.11 Å². The average Bonchev–Trinajstić information content (AvgIpc) is 2.77. The molecule has 0 saturated carbocycles. The quantitative estimate of drug-likeness (QED) is 0.792. The number of ether oxygens (including phenoxy) is 1. The molecule has 0 unspecified atom stereocenters. The van der Waals surface area contributed by atoms with Crippen molar-refractivity contribution in [2.24, 2.45) is 0 Å². The number of fused-ring (bicyclic) bond motifs is 1. The molecule has 17 heavy (non-hydrogen) atoms. The zero-order chi connectivity index (χ0) is 12.1. The van der Waals surface area contributed by atoms with Crippen LogP contribution < -0.4 is 10.1 Å². The summed E-state index contributed by atoms with van der Waals surface area (Å²) in [4.78, 5) is 0. The maximum Gasteiger partial charge on any atom is 0.120 e. The fourth-order valence-corrected chi connectivity index (χ4v) is 2.93. The van der Waals surface area contributed by atoms with Gasteiger partial charge in [0, 0.05) is 4.70 Å². The highest BCUT2D eigenvalue weighted by Gasteiger charge is 2.04. The maximum absolute atomic E-state index is 5.24. The molecule has 0 aliphatic carbocycles. The molecule has 2 nitrogen and oxygen atoms in total. The predicted octanol–water partition coefficient (Wildman–Crippen LogP) is 3.45. The molecule has 0 radical (unpaired) electrons. The van der Waals surface area contributed by atoms with Gasteiger partial charge in [0.2, 0.25) is 0 Å². The number of benzene rings is 1. The molecule has 2 aromatic rings. The minimum Gasteiger partial charge on any atom is -0.497 e. The van der Waals surface area contributed by atoms with Gasteiger partial charge in [-0.1, -0.05) is 6.92 Å². The van der Waals surface area contributed by atoms with Crippen LogP contribution in [-0.2, 0) is 6.42 Å². The highest BCUT2D eigenvalue weighted by atomic mass is 32.1. The van der Waals surface area contributed by atoms with Crippen LogP contribution in [0.15, 0.2) is 23.6 Å². The first-order valence-electron chi connectivity index (χ1n) is 6.10. The predicted molar refractivity (Wildman–Crippen MR) is 75.2 cm³/mol. The SMILES string of the molecule is CCCNCCc1csc2cc(OC)ccc12. The first-order chi connectivity index (χ1) is 8.35. The third-order valence-corrected chi connectivity index (χ3v) is 3.85. The Balaban J connectivity index is 2.08. The summed E-state index contributed by atoms with van der Waals surface area (Å²) in [5, 5.41) is 7.07. The standard InChI is InChI=1S/C14H19NOS/c1-3-7-15-8-6-11-10-17-14-9-12(16-2)4-5-13(11)14/h4-5,9-10,15H,3,6-8H2,1-2H3. The van der Waals surface area contributed by atoms with Gasteiger partial charge < -0.3 is 10.1 Å². The summed E-state index contributed by atoms with van der Waals surface area (Å²) in [6, 6.07) is 6.32. The lowest BCUT2D eigenvalue weighted by molar-refractivity contribution is 0.415. The van der Waals surface area contributed by atoms with Crippen molar-refractivity contribution in [3.05, 3.63) is 29.1 Å². The van der Waals surface area contributed by atoms with Crippen LogP contribution in [-0.4, -0.2) is 20.2 Å². The monoisotopic (exact) mass is 249 g/mol. The lowest BCUT2D eigenvalue weighted by atomic mass is 10.1. The lowest BCUT2D eigenvalue weighted by Gasteiger charge is -2.03. The van der Waals surface area contributed by atoms with Crippen molar-refractivity contribution in [1.82, 2.24) is 5.32 Å². The second kappa shape index (κ2) is 6.03. The van der Waals surface area contributed by atoms with Crippen LogP contribution in [0, 0.1) is 0 Å². The van der Waals surface area contributed by atoms with Crippen LogP contribution >= 0.6 is 11.3 Å². The summed E-state index contributed by atoms with van der Waals surface area (Å²) < 4.78 is 6.55. The van der Waals surface area contributed by atoms with Gasteiger partial charge in [-0.3, -0.25) is 0 Å². The molecule has 1 aromatic heterocycles. The summed E-state index contributed by atoms with van der Waals surface area (Å²) >= 11 is 1.80. The summed E-state index contributed by atoms with van der Waals surface area (Å²) in [5.74, 6) is 0.940. The van der Waals surface area contributed by atoms with Crippen LogP contribution in [0.1, 0.15) is 18.9 Å². The third-order valence-electron chi connectivity index (χ3n) is 2.86. The van der Waals surface area contributed by atoms with E-state index in [1.807, 2.05) is 6.07 Å². The molecule has 1 aromatic carbocycles. The Bertz CT molecular complexity index is 478. The van der Waals surface area contributed by atoms with Crippen molar-refractivity contribution in [3.63, 3.8) is 0 Å². The lowest BCUT2D eigenvalue weighted by Crippen LogP contribution is -2.17. The van der Waals surface area contributed by atoms with E-state index in [1.54, 1.807) is 18.4 Å². The molecule has 2 rings (SSSR count). The van der Waals surface area contributed by atoms with Crippen molar-refractivity contribution in [1.29, 1.82) is 0 Å². The minimum absolute atomic E-state index is 0.940. The van der Waals surface area contributed by atoms with Gasteiger partial charge >= 0.3 is 0 Å². The zero-order valence-corrected chi connectivity index (χ0v) is 11.3. The Kier molecular flexibility index (Phi) is 4.40. The Labute approximate surface area is 107 Å². The van der Waals surface area contributed by atoms with Crippen molar-refractivity contribution in [2.45, 2.75) is 19.8 Å². The fraction of sp³-hybridized carbons (Fsp3) is 0.429. The molecular formula is C14H19NOS. The highest BCUT2D eigenvalue weighted by Crippen LogP contribution is 2.29. The normalized spacial score (nSPS) is 10.9. The van der Waals surface area contributed by atoms with Gasteiger partial charge in [-0.25, -0.2) is 0 Å². The van der Waals surface area contributed by atoms with E-state index in [0.29, 0.717) is 0 Å². The average molecular weight is 249 g/mol. The Hall–Kier alpha value is -1.06. The summed E-state index contributed by atoms with van der Waals surface area (Å²) in [6.07, 6.45) is 2.30. The summed E-state index contributed by atoms with van der Waals surface area (Å²) in [5.41, 5.74) is 1.44. The number of hydrogen-bond acceptors (Lipinski definition) is 3. The van der Waals surface area contributed by atoms with Crippen molar-refractivity contribution >= 4 is 21.4 Å². The van der Waals surface area contributed by atoms with E-state index >= 15 is 0 Å². The molecule has 0 bridgehead atoms. The Morgan fingerprint density at radius 1 is 1.29 bits per heavy atom. The maximum atomic E-state index is 5.24. The first-order valence-corrected chi connectivity index (χ1v) is 6.98. The summed E-state index contributed by atoms with van der Waals surface area (Å²) in [6.45, 7) is 4.36. The van der Waals surface area contributed by atoms with Crippen LogP contribution in [0.3, 0.4) is 0 Å². The second-order valence-corrected chi connectivity index (χ2v) is 5.03. The molecule has 3 heteroatoms. The van der Waals surface area contributed by atoms with E-state index in [9.17, 15) is 0 Å². The molecule has 0 saturated heterocycles. The van der Waals surface area contributed by atoms with Gasteiger partial charge in [0.15, 0.2) is 0 Å². The van der Waals surface area contributed by atoms with Crippen LogP contribution in [0.5, 0.6) is 5.75 Å². The zero-order valence-electron chi connectivity index (χ0n) is 10.5. The van der Waals surface area contributed by atoms with Crippen molar-refractivity contribution < 1.29 is 4.74 Å². The van der Waals surface area contributed by atoms with E-state index in [1.165, 1.54) is 22.1 Å². The number of thiophene rings is 1. The van der Waals surface area contributed by atoms with E-state index in [4.69, 9.17) is 4.74 Å². The molecule has 1 N–H and O–H groups in total. The van der Waals surface area contributed by atoms with Crippen LogP contribution in [0.4, 0.5) is 0 Å². The van der Waals surface area contributed by atoms with Crippen molar-refractivity contribution in [2.75, 3.05) is 20.2 Å². The van der Waals surface area contributed by atoms with E-state index < -0.39 is 0 Å². The van der Waals surface area contributed by atoms with Crippen molar-refractivity contribution in [3.8, 4) is 5.75 Å². The molecular weight excluding hydrogens is 230 g/mol. The number of rotatable bonds is 6. The smallest absolute Gasteiger partial charge is 0.120 e. The van der Waals surface area contributed by atoms with Gasteiger partial charge in [-0.2, -0.15) is 0 Å². The number of hydrogen-bond donors (Lipinski definition) is 1. The van der Waals surface area contributed by atoms with Gasteiger partial charge in [0.25, 0.3) is 0 Å². The summed E-state index contributed by atoms with van der Waals surface area (Å²) in [7, 11) is 1.71. The molecule has 0 amide bonds. The van der Waals surface area contributed by atoms with Gasteiger partial charge in [-0.15, -0.1) is 11.3 Å². The number of methoxy groups -OCH3 is 1. The van der Waals surface area contributed by atoms with E-state index in [-0.39, 0.29) is 0 Å². The molecule has 0 atom stereocenters. The largest absolute Gasteiger partial charge is 0.497 e. The molecule has 1 heterocycles. The van der Waals surface area contributed by atoms with Crippen LogP contribution in [0.2, 0.25) is 0 Å². The molecule has 0 spiro atoms. The fourth-order valence-electron chi connectivity index (χ4n) is 1.91. The first kappa shape index (κ1) is 12.4. The van der Waals surface area contributed by atoms with E-state index in [0.717, 1.165) is 25.3 Å². The van der Waals surface area contributed by atoms with E-state index in [2.05, 4.69) is 29.8 Å². The van der Waals surface area contributed by atoms with Gasteiger partial charge in [-0.05, 0) is 60.5 Å². The molecule has 0 aliphatic rings. The Morgan fingerprint density at radius 3 is 2.94 bits per heavy atom. The minimum atomic E-state index is 0.940.